The van der Waals surface area contributed by atoms with Crippen molar-refractivity contribution >= 4 is 0 Å². The summed E-state index contributed by atoms with van der Waals surface area (Å²) in [6, 6.07) is 23.2. The number of nitrogens with one attached hydrogen (secondary N) is 1. The lowest BCUT2D eigenvalue weighted by molar-refractivity contribution is 0.954. The molecule has 0 spiro atoms. The van der Waals surface area contributed by atoms with Crippen LogP contribution in [0, 0.1) is 0 Å². The molecule has 0 aliphatic carbocycles. The Bertz CT molecular complexity index is 1040. The van der Waals surface area contributed by atoms with Gasteiger partial charge in [0.25, 0.3) is 5.56 Å². The number of nitrogens with zero attached hydrogens (tertiary/aromatic N) is 3. The van der Waals surface area contributed by atoms with Gasteiger partial charge in [-0.1, -0.05) is 60.7 Å². The average molecular weight is 326 g/mol. The van der Waals surface area contributed by atoms with E-state index in [2.05, 4.69) is 20.2 Å². The first-order chi connectivity index (χ1) is 12.3. The third-order valence-electron chi connectivity index (χ3n) is 3.86. The number of aromatic nitrogens is 4. The number of hydrogen-bond donors (Lipinski definition) is 1. The van der Waals surface area contributed by atoms with Crippen molar-refractivity contribution in [2.75, 3.05) is 0 Å². The lowest BCUT2D eigenvalue weighted by Gasteiger charge is -2.04. The third kappa shape index (κ3) is 3.07. The Balaban J connectivity index is 1.67. The van der Waals surface area contributed by atoms with Crippen LogP contribution in [0.1, 0.15) is 0 Å². The fourth-order valence-electron chi connectivity index (χ4n) is 2.59. The van der Waals surface area contributed by atoms with Gasteiger partial charge < -0.3 is 0 Å². The summed E-state index contributed by atoms with van der Waals surface area (Å²) in [5, 5.41) is 7.00. The molecule has 4 aromatic rings. The van der Waals surface area contributed by atoms with Crippen molar-refractivity contribution < 1.29 is 0 Å². The second-order valence-electron chi connectivity index (χ2n) is 5.50. The average Bonchev–Trinajstić information content (AvgIpc) is 2.69. The number of benzene rings is 2. The van der Waals surface area contributed by atoms with Gasteiger partial charge in [-0.2, -0.15) is 10.1 Å². The highest BCUT2D eigenvalue weighted by molar-refractivity contribution is 5.68. The van der Waals surface area contributed by atoms with Gasteiger partial charge in [-0.3, -0.25) is 14.9 Å². The van der Waals surface area contributed by atoms with E-state index < -0.39 is 0 Å². The molecule has 0 amide bonds. The predicted octanol–water partition coefficient (Wildman–Crippen LogP) is 3.56. The van der Waals surface area contributed by atoms with Crippen LogP contribution in [0.5, 0.6) is 0 Å². The first-order valence-electron chi connectivity index (χ1n) is 7.85. The Hall–Kier alpha value is -3.60. The normalized spacial score (nSPS) is 10.6. The predicted molar refractivity (Wildman–Crippen MR) is 96.8 cm³/mol. The summed E-state index contributed by atoms with van der Waals surface area (Å²) >= 11 is 0. The van der Waals surface area contributed by atoms with E-state index in [9.17, 15) is 4.79 Å². The zero-order chi connectivity index (χ0) is 17.1. The molecule has 0 aliphatic rings. The van der Waals surface area contributed by atoms with Gasteiger partial charge >= 0.3 is 0 Å². The van der Waals surface area contributed by atoms with Crippen LogP contribution in [0.2, 0.25) is 0 Å². The molecule has 4 rings (SSSR count). The van der Waals surface area contributed by atoms with Gasteiger partial charge in [0.05, 0.1) is 0 Å². The molecule has 5 heteroatoms. The molecular formula is C20H14N4O. The number of aromatic amines is 1. The van der Waals surface area contributed by atoms with Gasteiger partial charge in [0.2, 0.25) is 0 Å². The van der Waals surface area contributed by atoms with Gasteiger partial charge in [0.1, 0.15) is 5.69 Å². The van der Waals surface area contributed by atoms with E-state index in [1.165, 1.54) is 0 Å². The van der Waals surface area contributed by atoms with Crippen LogP contribution in [0.15, 0.2) is 83.8 Å². The molecule has 2 aromatic heterocycles. The molecule has 0 atom stereocenters. The van der Waals surface area contributed by atoms with E-state index in [0.717, 1.165) is 16.7 Å². The third-order valence-corrected chi connectivity index (χ3v) is 3.86. The van der Waals surface area contributed by atoms with Crippen molar-refractivity contribution in [2.45, 2.75) is 0 Å². The van der Waals surface area contributed by atoms with Crippen LogP contribution in [0.25, 0.3) is 33.9 Å². The molecule has 120 valence electrons. The van der Waals surface area contributed by atoms with Crippen molar-refractivity contribution in [3.05, 3.63) is 89.3 Å². The molecule has 0 aliphatic heterocycles. The summed E-state index contributed by atoms with van der Waals surface area (Å²) in [6.07, 6.45) is 1.64. The molecule has 0 bridgehead atoms. The van der Waals surface area contributed by atoms with Gasteiger partial charge in [-0.15, -0.1) is 0 Å². The second kappa shape index (κ2) is 6.49. The fourth-order valence-corrected chi connectivity index (χ4v) is 2.59. The summed E-state index contributed by atoms with van der Waals surface area (Å²) in [4.78, 5) is 20.6. The van der Waals surface area contributed by atoms with E-state index in [-0.39, 0.29) is 5.56 Å². The van der Waals surface area contributed by atoms with Crippen molar-refractivity contribution in [3.8, 4) is 33.9 Å². The lowest BCUT2D eigenvalue weighted by Crippen LogP contribution is -2.14. The van der Waals surface area contributed by atoms with Gasteiger partial charge in [0, 0.05) is 11.8 Å². The molecule has 2 heterocycles. The molecule has 25 heavy (non-hydrogen) atoms. The molecule has 0 unspecified atom stereocenters. The summed E-state index contributed by atoms with van der Waals surface area (Å²) in [5.74, 6) is 0.357. The highest BCUT2D eigenvalue weighted by atomic mass is 16.1. The Morgan fingerprint density at radius 3 is 2.08 bits per heavy atom. The molecule has 0 saturated carbocycles. The quantitative estimate of drug-likeness (QED) is 0.625. The standard InChI is InChI=1S/C20H14N4O/c25-20-18(23-24-19(22-20)17-8-4-5-13-21-17)16-11-9-15(10-12-16)14-6-2-1-3-7-14/h1-13H,(H,22,24,25). The zero-order valence-electron chi connectivity index (χ0n) is 13.3. The van der Waals surface area contributed by atoms with Gasteiger partial charge in [-0.25, -0.2) is 0 Å². The monoisotopic (exact) mass is 326 g/mol. The van der Waals surface area contributed by atoms with E-state index in [0.29, 0.717) is 17.2 Å². The minimum Gasteiger partial charge on any atom is -0.265 e. The van der Waals surface area contributed by atoms with Crippen LogP contribution in [0.3, 0.4) is 0 Å². The maximum atomic E-state index is 12.3. The van der Waals surface area contributed by atoms with Gasteiger partial charge in [0.15, 0.2) is 11.5 Å². The molecular weight excluding hydrogens is 312 g/mol. The first-order valence-corrected chi connectivity index (χ1v) is 7.85. The molecule has 5 nitrogen and oxygen atoms in total. The topological polar surface area (TPSA) is 71.5 Å². The van der Waals surface area contributed by atoms with E-state index in [1.807, 2.05) is 60.7 Å². The molecule has 0 radical (unpaired) electrons. The van der Waals surface area contributed by atoms with Crippen LogP contribution in [-0.2, 0) is 0 Å². The van der Waals surface area contributed by atoms with Crippen LogP contribution in [0.4, 0.5) is 0 Å². The minimum atomic E-state index is -0.383. The van der Waals surface area contributed by atoms with E-state index >= 15 is 0 Å². The number of rotatable bonds is 3. The van der Waals surface area contributed by atoms with Crippen molar-refractivity contribution in [1.82, 2.24) is 20.2 Å². The van der Waals surface area contributed by atoms with Crippen molar-refractivity contribution in [1.29, 1.82) is 0 Å². The van der Waals surface area contributed by atoms with Crippen LogP contribution in [-0.4, -0.2) is 20.2 Å². The highest BCUT2D eigenvalue weighted by Gasteiger charge is 2.10. The summed E-state index contributed by atoms with van der Waals surface area (Å²) in [7, 11) is 0. The lowest BCUT2D eigenvalue weighted by atomic mass is 10.0. The fraction of sp³-hybridized carbons (Fsp3) is 0. The molecule has 2 aromatic carbocycles. The number of pyridine rings is 1. The van der Waals surface area contributed by atoms with Crippen LogP contribution >= 0.6 is 0 Å². The smallest absolute Gasteiger partial charge is 0.265 e. The molecule has 1 N–H and O–H groups in total. The highest BCUT2D eigenvalue weighted by Crippen LogP contribution is 2.22. The van der Waals surface area contributed by atoms with E-state index in [4.69, 9.17) is 0 Å². The molecule has 0 saturated heterocycles. The Morgan fingerprint density at radius 1 is 0.720 bits per heavy atom. The summed E-state index contributed by atoms with van der Waals surface area (Å²) in [5.41, 5.74) is 3.42. The SMILES string of the molecule is O=c1nc(-c2ccccn2)[nH]nc1-c1ccc(-c2ccccc2)cc1. The summed E-state index contributed by atoms with van der Waals surface area (Å²) in [6.45, 7) is 0. The maximum absolute atomic E-state index is 12.3. The Morgan fingerprint density at radius 2 is 1.40 bits per heavy atom. The minimum absolute atomic E-state index is 0.291. The molecule has 0 fully saturated rings. The maximum Gasteiger partial charge on any atom is 0.300 e. The number of H-pyrrole nitrogens is 1. The van der Waals surface area contributed by atoms with Gasteiger partial charge in [-0.05, 0) is 23.3 Å². The number of hydrogen-bond acceptors (Lipinski definition) is 4. The summed E-state index contributed by atoms with van der Waals surface area (Å²) < 4.78 is 0. The zero-order valence-corrected chi connectivity index (χ0v) is 13.3. The Labute approximate surface area is 144 Å². The largest absolute Gasteiger partial charge is 0.300 e. The van der Waals surface area contributed by atoms with E-state index in [1.54, 1.807) is 18.3 Å². The van der Waals surface area contributed by atoms with Crippen molar-refractivity contribution in [2.24, 2.45) is 0 Å². The Kier molecular flexibility index (Phi) is 3.88. The first kappa shape index (κ1) is 15.0. The second-order valence-corrected chi connectivity index (χ2v) is 5.50. The van der Waals surface area contributed by atoms with Crippen LogP contribution < -0.4 is 5.56 Å². The van der Waals surface area contributed by atoms with Crippen molar-refractivity contribution in [3.63, 3.8) is 0 Å².